The summed E-state index contributed by atoms with van der Waals surface area (Å²) in [6.07, 6.45) is -0.699. The van der Waals surface area contributed by atoms with Gasteiger partial charge in [-0.25, -0.2) is 4.79 Å². The van der Waals surface area contributed by atoms with Gasteiger partial charge in [0.1, 0.15) is 0 Å². The van der Waals surface area contributed by atoms with Crippen molar-refractivity contribution in [1.82, 2.24) is 0 Å². The van der Waals surface area contributed by atoms with E-state index < -0.39 is 19.7 Å². The minimum Gasteiger partial charge on any atom is -0.464 e. The molecule has 0 saturated carbocycles. The third kappa shape index (κ3) is 6.62. The first kappa shape index (κ1) is 14.6. The molecule has 0 spiro atoms. The maximum absolute atomic E-state index is 11.4. The summed E-state index contributed by atoms with van der Waals surface area (Å²) in [5, 5.41) is 0. The molecule has 0 amide bonds. The molecule has 3 N–H and O–H groups in total. The van der Waals surface area contributed by atoms with Crippen LogP contribution in [0.15, 0.2) is 0 Å². The van der Waals surface area contributed by atoms with Crippen LogP contribution in [0, 0.1) is 0 Å². The predicted molar refractivity (Wildman–Crippen MR) is 55.5 cm³/mol. The summed E-state index contributed by atoms with van der Waals surface area (Å²) < 4.78 is 20.7. The van der Waals surface area contributed by atoms with Crippen LogP contribution in [0.2, 0.25) is 0 Å². The van der Waals surface area contributed by atoms with Crippen molar-refractivity contribution < 1.29 is 23.5 Å². The number of hydrogen-bond donors (Lipinski definition) is 2. The molecule has 6 nitrogen and oxygen atoms in total. The number of nitrogens with two attached hydrogens (primary N) is 1. The Morgan fingerprint density at radius 2 is 2.20 bits per heavy atom. The fourth-order valence-corrected chi connectivity index (χ4v) is 2.16. The Morgan fingerprint density at radius 3 is 2.67 bits per heavy atom. The van der Waals surface area contributed by atoms with Crippen LogP contribution in [0.1, 0.15) is 20.3 Å². The van der Waals surface area contributed by atoms with E-state index in [1.165, 1.54) is 6.92 Å². The summed E-state index contributed by atoms with van der Waals surface area (Å²) in [5.41, 5.74) is 5.19. The summed E-state index contributed by atoms with van der Waals surface area (Å²) >= 11 is 0. The van der Waals surface area contributed by atoms with Gasteiger partial charge in [0.15, 0.2) is 6.10 Å². The monoisotopic (exact) mass is 239 g/mol. The van der Waals surface area contributed by atoms with Gasteiger partial charge in [0.05, 0.1) is 12.8 Å². The Labute approximate surface area is 89.3 Å². The zero-order valence-electron chi connectivity index (χ0n) is 9.01. The molecule has 0 aliphatic rings. The Morgan fingerprint density at radius 1 is 1.60 bits per heavy atom. The Bertz CT molecular complexity index is 245. The van der Waals surface area contributed by atoms with Gasteiger partial charge in [-0.3, -0.25) is 9.09 Å². The molecular formula is C8H18NO5P. The lowest BCUT2D eigenvalue weighted by atomic mass is 10.4. The molecule has 0 aromatic heterocycles. The molecule has 0 aliphatic carbocycles. The summed E-state index contributed by atoms with van der Waals surface area (Å²) in [4.78, 5) is 20.4. The van der Waals surface area contributed by atoms with Gasteiger partial charge >= 0.3 is 13.6 Å². The van der Waals surface area contributed by atoms with Crippen molar-refractivity contribution in [2.24, 2.45) is 5.73 Å². The quantitative estimate of drug-likeness (QED) is 0.495. The number of rotatable bonds is 7. The van der Waals surface area contributed by atoms with Crippen LogP contribution in [0.5, 0.6) is 0 Å². The second-order valence-electron chi connectivity index (χ2n) is 3.00. The molecule has 0 rings (SSSR count). The average Bonchev–Trinajstić information content (AvgIpc) is 2.14. The lowest BCUT2D eigenvalue weighted by Gasteiger charge is -2.16. The molecule has 0 radical (unpaired) electrons. The second-order valence-corrected chi connectivity index (χ2v) is 4.94. The third-order valence-electron chi connectivity index (χ3n) is 1.59. The number of ether oxygens (including phenoxy) is 1. The van der Waals surface area contributed by atoms with E-state index in [0.29, 0.717) is 13.0 Å². The molecule has 0 bridgehead atoms. The van der Waals surface area contributed by atoms with E-state index in [0.717, 1.165) is 0 Å². The van der Waals surface area contributed by atoms with Crippen molar-refractivity contribution in [3.8, 4) is 0 Å². The summed E-state index contributed by atoms with van der Waals surface area (Å²) in [6, 6.07) is 0. The highest BCUT2D eigenvalue weighted by Crippen LogP contribution is 2.43. The second kappa shape index (κ2) is 6.95. The highest BCUT2D eigenvalue weighted by Gasteiger charge is 2.26. The minimum absolute atomic E-state index is 0.0484. The van der Waals surface area contributed by atoms with E-state index in [1.54, 1.807) is 6.92 Å². The Balaban J connectivity index is 4.08. The molecule has 2 atom stereocenters. The number of carbonyl (C=O) groups is 1. The summed E-state index contributed by atoms with van der Waals surface area (Å²) in [7, 11) is -3.72. The fourth-order valence-electron chi connectivity index (χ4n) is 0.894. The van der Waals surface area contributed by atoms with Crippen molar-refractivity contribution >= 4 is 13.6 Å². The number of hydrogen-bond acceptors (Lipinski definition) is 5. The van der Waals surface area contributed by atoms with Gasteiger partial charge in [-0.2, -0.15) is 0 Å². The van der Waals surface area contributed by atoms with Crippen LogP contribution in [-0.4, -0.2) is 36.3 Å². The van der Waals surface area contributed by atoms with Crippen molar-refractivity contribution in [2.75, 3.05) is 19.3 Å². The maximum atomic E-state index is 11.4. The molecule has 15 heavy (non-hydrogen) atoms. The SMILES string of the molecule is CCOC(=O)[C@H](C)OP(=O)(O)CCCN. The maximum Gasteiger partial charge on any atom is 0.335 e. The van der Waals surface area contributed by atoms with E-state index >= 15 is 0 Å². The van der Waals surface area contributed by atoms with Gasteiger partial charge in [-0.05, 0) is 26.8 Å². The molecule has 0 fully saturated rings. The van der Waals surface area contributed by atoms with Crippen LogP contribution in [-0.2, 0) is 18.6 Å². The zero-order chi connectivity index (χ0) is 11.9. The Hall–Kier alpha value is -0.420. The van der Waals surface area contributed by atoms with Crippen molar-refractivity contribution in [3.63, 3.8) is 0 Å². The van der Waals surface area contributed by atoms with Crippen LogP contribution in [0.3, 0.4) is 0 Å². The third-order valence-corrected chi connectivity index (χ3v) is 3.11. The molecule has 0 aliphatic heterocycles. The number of esters is 1. The first-order valence-corrected chi connectivity index (χ1v) is 6.56. The Kier molecular flexibility index (Phi) is 6.76. The molecule has 0 aromatic rings. The van der Waals surface area contributed by atoms with Gasteiger partial charge in [0.2, 0.25) is 0 Å². The van der Waals surface area contributed by atoms with Crippen molar-refractivity contribution in [2.45, 2.75) is 26.4 Å². The van der Waals surface area contributed by atoms with Crippen LogP contribution < -0.4 is 5.73 Å². The van der Waals surface area contributed by atoms with Crippen molar-refractivity contribution in [1.29, 1.82) is 0 Å². The van der Waals surface area contributed by atoms with E-state index in [1.807, 2.05) is 0 Å². The van der Waals surface area contributed by atoms with Gasteiger partial charge in [0.25, 0.3) is 0 Å². The molecule has 7 heteroatoms. The molecular weight excluding hydrogens is 221 g/mol. The van der Waals surface area contributed by atoms with Crippen LogP contribution in [0.25, 0.3) is 0 Å². The molecule has 0 heterocycles. The topological polar surface area (TPSA) is 98.8 Å². The molecule has 90 valence electrons. The summed E-state index contributed by atoms with van der Waals surface area (Å²) in [5.74, 6) is -0.639. The van der Waals surface area contributed by atoms with E-state index in [-0.39, 0.29) is 12.8 Å². The first-order valence-electron chi connectivity index (χ1n) is 4.80. The van der Waals surface area contributed by atoms with E-state index in [4.69, 9.17) is 10.3 Å². The lowest BCUT2D eigenvalue weighted by molar-refractivity contribution is -0.150. The molecule has 0 aromatic carbocycles. The largest absolute Gasteiger partial charge is 0.464 e. The van der Waals surface area contributed by atoms with Gasteiger partial charge in [0, 0.05) is 0 Å². The lowest BCUT2D eigenvalue weighted by Crippen LogP contribution is -2.23. The van der Waals surface area contributed by atoms with Crippen molar-refractivity contribution in [3.05, 3.63) is 0 Å². The highest BCUT2D eigenvalue weighted by atomic mass is 31.2. The first-order chi connectivity index (χ1) is 6.93. The summed E-state index contributed by atoms with van der Waals surface area (Å²) in [6.45, 7) is 3.55. The minimum atomic E-state index is -3.72. The average molecular weight is 239 g/mol. The fraction of sp³-hybridized carbons (Fsp3) is 0.875. The van der Waals surface area contributed by atoms with Gasteiger partial charge in [-0.1, -0.05) is 0 Å². The highest BCUT2D eigenvalue weighted by molar-refractivity contribution is 7.52. The van der Waals surface area contributed by atoms with Crippen LogP contribution in [0.4, 0.5) is 0 Å². The molecule has 1 unspecified atom stereocenters. The molecule has 0 saturated heterocycles. The van der Waals surface area contributed by atoms with Crippen LogP contribution >= 0.6 is 7.60 Å². The zero-order valence-corrected chi connectivity index (χ0v) is 9.90. The van der Waals surface area contributed by atoms with E-state index in [2.05, 4.69) is 4.74 Å². The standard InChI is InChI=1S/C8H18NO5P/c1-3-13-8(10)7(2)14-15(11,12)6-4-5-9/h7H,3-6,9H2,1-2H3,(H,11,12)/t7-/m0/s1. The smallest absolute Gasteiger partial charge is 0.335 e. The normalized spacial score (nSPS) is 16.8. The predicted octanol–water partition coefficient (Wildman–Crippen LogP) is 0.489. The number of carbonyl (C=O) groups excluding carboxylic acids is 1. The van der Waals surface area contributed by atoms with Gasteiger partial charge in [-0.15, -0.1) is 0 Å². The van der Waals surface area contributed by atoms with E-state index in [9.17, 15) is 14.3 Å². The van der Waals surface area contributed by atoms with Gasteiger partial charge < -0.3 is 15.4 Å².